The van der Waals surface area contributed by atoms with E-state index in [1.54, 1.807) is 6.92 Å². The fourth-order valence-electron chi connectivity index (χ4n) is 2.45. The highest BCUT2D eigenvalue weighted by atomic mass is 32.2. The molecule has 21 heavy (non-hydrogen) atoms. The highest BCUT2D eigenvalue weighted by molar-refractivity contribution is 7.90. The lowest BCUT2D eigenvalue weighted by molar-refractivity contribution is -0.139. The molecule has 6 heteroatoms. The highest BCUT2D eigenvalue weighted by Gasteiger charge is 2.30. The van der Waals surface area contributed by atoms with Crippen LogP contribution in [0, 0.1) is 5.41 Å². The second-order valence-electron chi connectivity index (χ2n) is 6.17. The van der Waals surface area contributed by atoms with Gasteiger partial charge in [0.05, 0.1) is 4.91 Å². The molecule has 0 spiro atoms. The maximum absolute atomic E-state index is 11.8. The molecule has 0 amide bonds. The maximum atomic E-state index is 11.8. The van der Waals surface area contributed by atoms with Crippen LogP contribution in [-0.2, 0) is 19.6 Å². The predicted molar refractivity (Wildman–Crippen MR) is 79.1 cm³/mol. The van der Waals surface area contributed by atoms with Gasteiger partial charge in [0.1, 0.15) is 15.9 Å². The number of hydrogen-bond donors (Lipinski definition) is 0. The summed E-state index contributed by atoms with van der Waals surface area (Å²) in [7, 11) is -4.67. The van der Waals surface area contributed by atoms with Gasteiger partial charge in [-0.2, -0.15) is 0 Å². The Hall–Kier alpha value is -1.14. The summed E-state index contributed by atoms with van der Waals surface area (Å²) >= 11 is 0. The first-order valence-electron chi connectivity index (χ1n) is 7.16. The van der Waals surface area contributed by atoms with Crippen molar-refractivity contribution in [1.29, 1.82) is 0 Å². The lowest BCUT2D eigenvalue weighted by Gasteiger charge is -2.30. The van der Waals surface area contributed by atoms with E-state index in [9.17, 15) is 17.8 Å². The zero-order valence-corrected chi connectivity index (χ0v) is 13.9. The minimum absolute atomic E-state index is 0.0779. The van der Waals surface area contributed by atoms with Gasteiger partial charge in [-0.3, -0.25) is 4.79 Å². The van der Waals surface area contributed by atoms with E-state index >= 15 is 0 Å². The molecule has 1 aliphatic carbocycles. The standard InChI is InChI=1S/C15H24O5S/c1-5-6-7-8-13(16)20-14-11(2)9-15(3,4)10-12(14)21(17,18)19/h10H,5-9H2,1-4H3,(H,17,18,19)/p-1. The molecule has 1 rings (SSSR count). The van der Waals surface area contributed by atoms with Gasteiger partial charge in [0, 0.05) is 6.42 Å². The van der Waals surface area contributed by atoms with Gasteiger partial charge in [-0.05, 0) is 30.8 Å². The molecule has 0 saturated carbocycles. The average molecular weight is 315 g/mol. The molecule has 0 aliphatic heterocycles. The summed E-state index contributed by atoms with van der Waals surface area (Å²) in [6.07, 6.45) is 4.73. The monoisotopic (exact) mass is 315 g/mol. The normalized spacial score (nSPS) is 18.4. The maximum Gasteiger partial charge on any atom is 0.311 e. The van der Waals surface area contributed by atoms with Crippen molar-refractivity contribution < 1.29 is 22.5 Å². The molecular weight excluding hydrogens is 292 g/mol. The lowest BCUT2D eigenvalue weighted by atomic mass is 9.82. The Labute approximate surface area is 126 Å². The van der Waals surface area contributed by atoms with Gasteiger partial charge in [0.15, 0.2) is 0 Å². The average Bonchev–Trinajstić information content (AvgIpc) is 2.30. The van der Waals surface area contributed by atoms with Gasteiger partial charge in [-0.15, -0.1) is 0 Å². The quantitative estimate of drug-likeness (QED) is 0.427. The van der Waals surface area contributed by atoms with Crippen molar-refractivity contribution in [3.63, 3.8) is 0 Å². The van der Waals surface area contributed by atoms with E-state index in [0.29, 0.717) is 18.4 Å². The summed E-state index contributed by atoms with van der Waals surface area (Å²) < 4.78 is 39.4. The fraction of sp³-hybridized carbons (Fsp3) is 0.667. The van der Waals surface area contributed by atoms with Crippen LogP contribution in [0.4, 0.5) is 0 Å². The van der Waals surface area contributed by atoms with Crippen molar-refractivity contribution in [2.75, 3.05) is 0 Å². The van der Waals surface area contributed by atoms with E-state index in [-0.39, 0.29) is 12.2 Å². The Balaban J connectivity index is 2.98. The van der Waals surface area contributed by atoms with E-state index in [1.165, 1.54) is 6.08 Å². The number of ether oxygens (including phenoxy) is 1. The van der Waals surface area contributed by atoms with Gasteiger partial charge < -0.3 is 9.29 Å². The van der Waals surface area contributed by atoms with Crippen LogP contribution in [0.25, 0.3) is 0 Å². The van der Waals surface area contributed by atoms with Crippen molar-refractivity contribution >= 4 is 16.1 Å². The first kappa shape index (κ1) is 17.9. The summed E-state index contributed by atoms with van der Waals surface area (Å²) in [5.74, 6) is -0.571. The number of carbonyl (C=O) groups is 1. The molecule has 0 heterocycles. The van der Waals surface area contributed by atoms with Gasteiger partial charge in [-0.25, -0.2) is 8.42 Å². The van der Waals surface area contributed by atoms with E-state index in [1.807, 2.05) is 20.8 Å². The Morgan fingerprint density at radius 2 is 2.00 bits per heavy atom. The largest absolute Gasteiger partial charge is 0.744 e. The molecule has 120 valence electrons. The first-order chi connectivity index (χ1) is 9.57. The summed E-state index contributed by atoms with van der Waals surface area (Å²) in [5, 5.41) is 0. The molecule has 0 aromatic carbocycles. The van der Waals surface area contributed by atoms with Crippen LogP contribution in [-0.4, -0.2) is 18.9 Å². The van der Waals surface area contributed by atoms with E-state index in [2.05, 4.69) is 0 Å². The number of hydrogen-bond acceptors (Lipinski definition) is 5. The number of esters is 1. The first-order valence-corrected chi connectivity index (χ1v) is 8.57. The third-order valence-electron chi connectivity index (χ3n) is 3.32. The van der Waals surface area contributed by atoms with Crippen LogP contribution >= 0.6 is 0 Å². The minimum atomic E-state index is -4.67. The SMILES string of the molecule is CCCCCC(=O)OC1=C(C)CC(C)(C)C=C1S(=O)(=O)[O-]. The van der Waals surface area contributed by atoms with Crippen molar-refractivity contribution in [1.82, 2.24) is 0 Å². The Kier molecular flexibility index (Phi) is 5.75. The fourth-order valence-corrected chi connectivity index (χ4v) is 3.36. The molecule has 0 N–H and O–H groups in total. The second kappa shape index (κ2) is 6.75. The van der Waals surface area contributed by atoms with Crippen LogP contribution in [0.3, 0.4) is 0 Å². The zero-order valence-electron chi connectivity index (χ0n) is 13.1. The van der Waals surface area contributed by atoms with Gasteiger partial charge in [-0.1, -0.05) is 39.7 Å². The van der Waals surface area contributed by atoms with Crippen LogP contribution in [0.2, 0.25) is 0 Å². The third-order valence-corrected chi connectivity index (χ3v) is 4.17. The van der Waals surface area contributed by atoms with E-state index in [0.717, 1.165) is 12.8 Å². The second-order valence-corrected chi connectivity index (χ2v) is 7.52. The molecular formula is C15H23O5S-. The van der Waals surface area contributed by atoms with Crippen LogP contribution in [0.1, 0.15) is 59.8 Å². The van der Waals surface area contributed by atoms with Crippen molar-refractivity contribution in [3.8, 4) is 0 Å². The number of allylic oxidation sites excluding steroid dienone is 2. The van der Waals surface area contributed by atoms with E-state index in [4.69, 9.17) is 4.74 Å². The molecule has 0 bridgehead atoms. The number of carbonyl (C=O) groups excluding carboxylic acids is 1. The molecule has 0 aromatic heterocycles. The Morgan fingerprint density at radius 3 is 2.52 bits per heavy atom. The van der Waals surface area contributed by atoms with Crippen LogP contribution in [0.15, 0.2) is 22.3 Å². The van der Waals surface area contributed by atoms with Crippen molar-refractivity contribution in [2.45, 2.75) is 59.8 Å². The molecule has 0 radical (unpaired) electrons. The Morgan fingerprint density at radius 1 is 1.38 bits per heavy atom. The highest BCUT2D eigenvalue weighted by Crippen LogP contribution is 2.39. The Bertz CT molecular complexity index is 567. The predicted octanol–water partition coefficient (Wildman–Crippen LogP) is 3.24. The summed E-state index contributed by atoms with van der Waals surface area (Å²) in [5.41, 5.74) is 0.162. The third kappa shape index (κ3) is 5.28. The summed E-state index contributed by atoms with van der Waals surface area (Å²) in [6.45, 7) is 7.38. The molecule has 0 aromatic rings. The van der Waals surface area contributed by atoms with Crippen molar-refractivity contribution in [2.24, 2.45) is 5.41 Å². The molecule has 0 atom stereocenters. The lowest BCUT2D eigenvalue weighted by Crippen LogP contribution is -2.22. The summed E-state index contributed by atoms with van der Waals surface area (Å²) in [6, 6.07) is 0. The molecule has 0 unspecified atom stereocenters. The molecule has 0 fully saturated rings. The van der Waals surface area contributed by atoms with Gasteiger partial charge in [0.2, 0.25) is 0 Å². The van der Waals surface area contributed by atoms with E-state index < -0.39 is 26.4 Å². The zero-order chi connectivity index (χ0) is 16.3. The molecule has 0 saturated heterocycles. The topological polar surface area (TPSA) is 83.5 Å². The summed E-state index contributed by atoms with van der Waals surface area (Å²) in [4.78, 5) is 11.4. The van der Waals surface area contributed by atoms with Gasteiger partial charge >= 0.3 is 5.97 Å². The van der Waals surface area contributed by atoms with Crippen LogP contribution in [0.5, 0.6) is 0 Å². The minimum Gasteiger partial charge on any atom is -0.744 e. The van der Waals surface area contributed by atoms with Crippen molar-refractivity contribution in [3.05, 3.63) is 22.3 Å². The number of rotatable bonds is 6. The molecule has 5 nitrogen and oxygen atoms in total. The molecule has 1 aliphatic rings. The van der Waals surface area contributed by atoms with Gasteiger partial charge in [0.25, 0.3) is 0 Å². The number of unbranched alkanes of at least 4 members (excludes halogenated alkanes) is 2. The van der Waals surface area contributed by atoms with Crippen LogP contribution < -0.4 is 0 Å². The smallest absolute Gasteiger partial charge is 0.311 e.